The molecule has 0 spiro atoms. The molecule has 4 aliphatic carbocycles. The Balaban J connectivity index is 1.37. The van der Waals surface area contributed by atoms with Gasteiger partial charge in [0.1, 0.15) is 5.67 Å². The first-order valence-electron chi connectivity index (χ1n) is 12.3. The van der Waals surface area contributed by atoms with Crippen molar-refractivity contribution in [2.24, 2.45) is 11.3 Å². The van der Waals surface area contributed by atoms with Gasteiger partial charge in [0.2, 0.25) is 17.6 Å². The first kappa shape index (κ1) is 25.9. The maximum atomic E-state index is 14.0. The van der Waals surface area contributed by atoms with Crippen LogP contribution in [-0.2, 0) is 19.2 Å². The summed E-state index contributed by atoms with van der Waals surface area (Å²) in [5, 5.41) is 10.7. The van der Waals surface area contributed by atoms with Crippen molar-refractivity contribution >= 4 is 58.3 Å². The second-order valence-electron chi connectivity index (χ2n) is 10.9. The van der Waals surface area contributed by atoms with E-state index in [-0.39, 0.29) is 65.0 Å². The highest BCUT2D eigenvalue weighted by Gasteiger charge is 2.72. The number of alkyl halides is 1. The van der Waals surface area contributed by atoms with E-state index in [9.17, 15) is 28.4 Å². The smallest absolute Gasteiger partial charge is 0.289 e. The topological polar surface area (TPSA) is 133 Å². The third-order valence-electron chi connectivity index (χ3n) is 7.66. The maximum absolute atomic E-state index is 14.0. The van der Waals surface area contributed by atoms with Crippen LogP contribution in [0.1, 0.15) is 62.2 Å². The van der Waals surface area contributed by atoms with Gasteiger partial charge in [-0.3, -0.25) is 24.0 Å². The van der Waals surface area contributed by atoms with Crippen molar-refractivity contribution in [3.8, 4) is 0 Å². The van der Waals surface area contributed by atoms with E-state index >= 15 is 0 Å². The summed E-state index contributed by atoms with van der Waals surface area (Å²) in [7, 11) is 0. The second-order valence-corrected chi connectivity index (χ2v) is 11.8. The number of hydrogen-bond donors (Lipinski definition) is 4. The number of amides is 4. The van der Waals surface area contributed by atoms with Crippen molar-refractivity contribution in [3.63, 3.8) is 0 Å². The average Bonchev–Trinajstić information content (AvgIpc) is 3.53. The summed E-state index contributed by atoms with van der Waals surface area (Å²) in [6, 6.07) is 1.17. The Bertz CT molecular complexity index is 1200. The third-order valence-corrected chi connectivity index (χ3v) is 8.18. The molecule has 0 aromatic heterocycles. The normalized spacial score (nSPS) is 30.3. The number of anilines is 1. The maximum Gasteiger partial charge on any atom is 0.289 e. The van der Waals surface area contributed by atoms with E-state index < -0.39 is 46.5 Å². The lowest BCUT2D eigenvalue weighted by molar-refractivity contribution is -0.209. The van der Waals surface area contributed by atoms with E-state index in [1.54, 1.807) is 0 Å². The van der Waals surface area contributed by atoms with Crippen molar-refractivity contribution in [2.75, 3.05) is 5.32 Å². The molecule has 2 bridgehead atoms. The van der Waals surface area contributed by atoms with Crippen molar-refractivity contribution in [1.29, 1.82) is 0 Å². The van der Waals surface area contributed by atoms with Crippen LogP contribution in [0.3, 0.4) is 0 Å². The van der Waals surface area contributed by atoms with E-state index in [2.05, 4.69) is 21.3 Å². The van der Waals surface area contributed by atoms with E-state index in [1.807, 2.05) is 6.92 Å². The molecule has 0 radical (unpaired) electrons. The Labute approximate surface area is 222 Å². The molecule has 4 saturated carbocycles. The summed E-state index contributed by atoms with van der Waals surface area (Å²) in [4.78, 5) is 64.2. The Morgan fingerprint density at radius 2 is 1.84 bits per heavy atom. The highest BCUT2D eigenvalue weighted by molar-refractivity contribution is 6.39. The lowest BCUT2D eigenvalue weighted by Crippen LogP contribution is -2.69. The van der Waals surface area contributed by atoms with E-state index in [1.165, 1.54) is 12.1 Å². The molecule has 6 rings (SSSR count). The zero-order chi connectivity index (χ0) is 26.7. The minimum absolute atomic E-state index is 0.00842. The van der Waals surface area contributed by atoms with Gasteiger partial charge in [0.05, 0.1) is 27.7 Å². The van der Waals surface area contributed by atoms with Gasteiger partial charge in [-0.25, -0.2) is 4.39 Å². The molecule has 3 atom stereocenters. The molecular formula is C25H27Cl2FN4O5. The minimum Gasteiger partial charge on any atom is -0.353 e. The van der Waals surface area contributed by atoms with Crippen LogP contribution < -0.4 is 21.3 Å². The molecular weight excluding hydrogens is 526 g/mol. The molecule has 0 unspecified atom stereocenters. The summed E-state index contributed by atoms with van der Waals surface area (Å²) in [5.41, 5.74) is -2.25. The Hall–Kier alpha value is -2.72. The van der Waals surface area contributed by atoms with Gasteiger partial charge in [0.15, 0.2) is 0 Å². The van der Waals surface area contributed by atoms with Gasteiger partial charge in [-0.1, -0.05) is 23.2 Å². The zero-order valence-corrected chi connectivity index (χ0v) is 21.6. The molecule has 1 heterocycles. The van der Waals surface area contributed by atoms with Gasteiger partial charge in [-0.15, -0.1) is 0 Å². The minimum atomic E-state index is -1.29. The monoisotopic (exact) mass is 552 g/mol. The van der Waals surface area contributed by atoms with Gasteiger partial charge < -0.3 is 21.3 Å². The predicted octanol–water partition coefficient (Wildman–Crippen LogP) is 2.68. The number of carbonyl (C=O) groups is 5. The molecule has 1 saturated heterocycles. The first-order chi connectivity index (χ1) is 17.4. The quantitative estimate of drug-likeness (QED) is 0.349. The van der Waals surface area contributed by atoms with Crippen molar-refractivity contribution in [1.82, 2.24) is 16.0 Å². The lowest BCUT2D eigenvalue weighted by Gasteiger charge is -2.64. The van der Waals surface area contributed by atoms with E-state index in [4.69, 9.17) is 23.2 Å². The molecule has 1 aromatic rings. The van der Waals surface area contributed by atoms with Crippen molar-refractivity contribution < 1.29 is 28.4 Å². The van der Waals surface area contributed by atoms with Crippen LogP contribution in [0.2, 0.25) is 10.0 Å². The van der Waals surface area contributed by atoms with Gasteiger partial charge in [-0.05, 0) is 64.0 Å². The molecule has 1 aliphatic heterocycles. The Kier molecular flexibility index (Phi) is 6.47. The van der Waals surface area contributed by atoms with Crippen LogP contribution in [0.4, 0.5) is 10.1 Å². The van der Waals surface area contributed by atoms with Gasteiger partial charge in [0.25, 0.3) is 11.8 Å². The molecule has 4 amide bonds. The average molecular weight is 553 g/mol. The molecule has 9 nitrogen and oxygen atoms in total. The van der Waals surface area contributed by atoms with Gasteiger partial charge in [-0.2, -0.15) is 0 Å². The number of carbonyl (C=O) groups excluding carboxylic acids is 5. The molecule has 198 valence electrons. The predicted molar refractivity (Wildman–Crippen MR) is 133 cm³/mol. The lowest BCUT2D eigenvalue weighted by atomic mass is 9.42. The number of rotatable bonds is 9. The largest absolute Gasteiger partial charge is 0.353 e. The molecule has 5 aliphatic rings. The van der Waals surface area contributed by atoms with Gasteiger partial charge >= 0.3 is 0 Å². The molecule has 37 heavy (non-hydrogen) atoms. The number of nitrogens with one attached hydrogen (secondary N) is 4. The van der Waals surface area contributed by atoms with Crippen molar-refractivity contribution in [2.45, 2.75) is 75.7 Å². The molecule has 12 heteroatoms. The summed E-state index contributed by atoms with van der Waals surface area (Å²) in [6.07, 6.45) is 2.27. The van der Waals surface area contributed by atoms with Crippen LogP contribution in [0.5, 0.6) is 0 Å². The van der Waals surface area contributed by atoms with E-state index in [0.717, 1.165) is 12.8 Å². The number of ketones is 1. The molecule has 1 aromatic carbocycles. The first-order valence-corrected chi connectivity index (χ1v) is 13.1. The van der Waals surface area contributed by atoms with Crippen LogP contribution in [-0.4, -0.2) is 53.2 Å². The fourth-order valence-electron chi connectivity index (χ4n) is 5.58. The standard InChI is InChI=1S/C25H27Cl2FN4O5/c1-11-4-12(20(34)29-11)5-17(19(33)22(36)30-14-2-3-14)31-21(35)15-6-13(26)7-16(27)18(15)32-23(37)24-8-25(28,9-24)10-24/h6-7,11-12,14,17H,2-5,8-10H2,1H3,(H,29,34)(H,30,36)(H,31,35)(H,32,37)/t11-,12+,17+,24?,25?/m1/s1. The van der Waals surface area contributed by atoms with Crippen LogP contribution >= 0.6 is 23.2 Å². The van der Waals surface area contributed by atoms with Gasteiger partial charge in [0, 0.05) is 23.0 Å². The Morgan fingerprint density at radius 1 is 1.16 bits per heavy atom. The number of hydrogen-bond acceptors (Lipinski definition) is 5. The van der Waals surface area contributed by atoms with E-state index in [0.29, 0.717) is 6.42 Å². The number of benzene rings is 1. The fourth-order valence-corrected chi connectivity index (χ4v) is 6.12. The zero-order valence-electron chi connectivity index (χ0n) is 20.1. The van der Waals surface area contributed by atoms with Crippen molar-refractivity contribution in [3.05, 3.63) is 27.7 Å². The summed E-state index contributed by atoms with van der Waals surface area (Å²) >= 11 is 12.5. The number of Topliss-reactive ketones (excluding diaryl/α,β-unsaturated/α-hetero) is 1. The SMILES string of the molecule is C[C@@H]1C[C@@H](C[C@H](NC(=O)c2cc(Cl)cc(Cl)c2NC(=O)C23CC(F)(C2)C3)C(=O)C(=O)NC2CC2)C(=O)N1. The van der Waals surface area contributed by atoms with Crippen LogP contribution in [0.15, 0.2) is 12.1 Å². The Morgan fingerprint density at radius 3 is 2.41 bits per heavy atom. The van der Waals surface area contributed by atoms with Crippen LogP contribution in [0, 0.1) is 11.3 Å². The highest BCUT2D eigenvalue weighted by atomic mass is 35.5. The fraction of sp³-hybridized carbons (Fsp3) is 0.560. The highest BCUT2D eigenvalue weighted by Crippen LogP contribution is 2.69. The number of halogens is 3. The summed E-state index contributed by atoms with van der Waals surface area (Å²) in [5.74, 6) is -3.78. The summed E-state index contributed by atoms with van der Waals surface area (Å²) < 4.78 is 14.0. The van der Waals surface area contributed by atoms with Crippen LogP contribution in [0.25, 0.3) is 0 Å². The molecule has 4 N–H and O–H groups in total. The molecule has 5 fully saturated rings. The second kappa shape index (κ2) is 9.23. The summed E-state index contributed by atoms with van der Waals surface area (Å²) in [6.45, 7) is 1.83. The third kappa shape index (κ3) is 5.05.